The summed E-state index contributed by atoms with van der Waals surface area (Å²) < 4.78 is 0. The van der Waals surface area contributed by atoms with E-state index in [1.807, 2.05) is 22.8 Å². The van der Waals surface area contributed by atoms with Crippen molar-refractivity contribution < 1.29 is 9.59 Å². The molecular weight excluding hydrogens is 292 g/mol. The maximum atomic E-state index is 12.7. The number of carbonyl (C=O) groups is 2. The van der Waals surface area contributed by atoms with Gasteiger partial charge in [-0.25, -0.2) is 0 Å². The molecule has 1 atom stereocenters. The summed E-state index contributed by atoms with van der Waals surface area (Å²) in [5, 5.41) is 0. The Kier molecular flexibility index (Phi) is 4.43. The van der Waals surface area contributed by atoms with Crippen LogP contribution >= 0.6 is 0 Å². The van der Waals surface area contributed by atoms with Crippen LogP contribution in [0.5, 0.6) is 0 Å². The van der Waals surface area contributed by atoms with E-state index in [0.29, 0.717) is 18.5 Å². The van der Waals surface area contributed by atoms with Crippen LogP contribution in [0, 0.1) is 0 Å². The number of aromatic amines is 1. The molecule has 0 aliphatic carbocycles. The van der Waals surface area contributed by atoms with Crippen molar-refractivity contribution in [3.05, 3.63) is 24.0 Å². The van der Waals surface area contributed by atoms with E-state index in [-0.39, 0.29) is 17.4 Å². The fourth-order valence-electron chi connectivity index (χ4n) is 3.84. The van der Waals surface area contributed by atoms with Crippen LogP contribution in [0.3, 0.4) is 0 Å². The van der Waals surface area contributed by atoms with Crippen LogP contribution in [0.2, 0.25) is 0 Å². The number of likely N-dealkylation sites (N-methyl/N-ethyl adjacent to an activating group) is 1. The molecule has 0 bridgehead atoms. The van der Waals surface area contributed by atoms with Gasteiger partial charge in [0.05, 0.1) is 5.56 Å². The molecule has 1 spiro atoms. The van der Waals surface area contributed by atoms with E-state index in [1.54, 1.807) is 12.4 Å². The molecule has 3 heterocycles. The SMILES string of the molecule is CCN1CC[C@]2(CCC1=O)CN(C(=O)c1cc[nH]c1)CCN2C. The molecule has 2 saturated heterocycles. The molecule has 6 nitrogen and oxygen atoms in total. The third kappa shape index (κ3) is 3.00. The van der Waals surface area contributed by atoms with Gasteiger partial charge in [-0.05, 0) is 32.9 Å². The molecule has 6 heteroatoms. The van der Waals surface area contributed by atoms with Crippen molar-refractivity contribution in [2.24, 2.45) is 0 Å². The van der Waals surface area contributed by atoms with Gasteiger partial charge in [-0.15, -0.1) is 0 Å². The fraction of sp³-hybridized carbons (Fsp3) is 0.647. The summed E-state index contributed by atoms with van der Waals surface area (Å²) in [6.45, 7) is 5.89. The van der Waals surface area contributed by atoms with Crippen LogP contribution in [0.4, 0.5) is 0 Å². The molecule has 3 rings (SSSR count). The maximum Gasteiger partial charge on any atom is 0.255 e. The highest BCUT2D eigenvalue weighted by atomic mass is 16.2. The summed E-state index contributed by atoms with van der Waals surface area (Å²) in [5.74, 6) is 0.327. The molecule has 1 aromatic rings. The largest absolute Gasteiger partial charge is 0.367 e. The Morgan fingerprint density at radius 1 is 1.30 bits per heavy atom. The molecule has 2 aliphatic rings. The lowest BCUT2D eigenvalue weighted by Gasteiger charge is -2.49. The first-order chi connectivity index (χ1) is 11.1. The molecule has 126 valence electrons. The number of aromatic nitrogens is 1. The molecule has 0 aromatic carbocycles. The molecule has 2 amide bonds. The molecule has 2 aliphatic heterocycles. The van der Waals surface area contributed by atoms with E-state index in [1.165, 1.54) is 0 Å². The van der Waals surface area contributed by atoms with Gasteiger partial charge < -0.3 is 14.8 Å². The number of nitrogens with one attached hydrogen (secondary N) is 1. The zero-order valence-electron chi connectivity index (χ0n) is 14.0. The van der Waals surface area contributed by atoms with E-state index in [0.717, 1.165) is 39.0 Å². The maximum absolute atomic E-state index is 12.7. The van der Waals surface area contributed by atoms with E-state index < -0.39 is 0 Å². The Morgan fingerprint density at radius 3 is 2.83 bits per heavy atom. The van der Waals surface area contributed by atoms with Crippen molar-refractivity contribution in [1.29, 1.82) is 0 Å². The highest BCUT2D eigenvalue weighted by Crippen LogP contribution is 2.32. The smallest absolute Gasteiger partial charge is 0.255 e. The average Bonchev–Trinajstić information content (AvgIpc) is 3.04. The number of nitrogens with zero attached hydrogens (tertiary/aromatic N) is 3. The van der Waals surface area contributed by atoms with Crippen molar-refractivity contribution in [3.63, 3.8) is 0 Å². The lowest BCUT2D eigenvalue weighted by molar-refractivity contribution is -0.130. The van der Waals surface area contributed by atoms with Gasteiger partial charge in [-0.3, -0.25) is 14.5 Å². The first-order valence-electron chi connectivity index (χ1n) is 8.47. The molecule has 0 saturated carbocycles. The summed E-state index contributed by atoms with van der Waals surface area (Å²) >= 11 is 0. The van der Waals surface area contributed by atoms with Gasteiger partial charge in [0.25, 0.3) is 5.91 Å². The summed E-state index contributed by atoms with van der Waals surface area (Å²) in [4.78, 5) is 34.1. The lowest BCUT2D eigenvalue weighted by Crippen LogP contribution is -2.62. The highest BCUT2D eigenvalue weighted by molar-refractivity contribution is 5.94. The molecule has 1 aromatic heterocycles. The van der Waals surface area contributed by atoms with E-state index in [4.69, 9.17) is 0 Å². The zero-order chi connectivity index (χ0) is 16.4. The number of likely N-dealkylation sites (tertiary alicyclic amines) is 1. The van der Waals surface area contributed by atoms with Gasteiger partial charge in [0.1, 0.15) is 0 Å². The minimum Gasteiger partial charge on any atom is -0.367 e. The van der Waals surface area contributed by atoms with Crippen LogP contribution in [0.25, 0.3) is 0 Å². The van der Waals surface area contributed by atoms with Crippen LogP contribution in [0.1, 0.15) is 36.5 Å². The summed E-state index contributed by atoms with van der Waals surface area (Å²) in [6, 6.07) is 1.82. The number of rotatable bonds is 2. The van der Waals surface area contributed by atoms with Gasteiger partial charge in [-0.2, -0.15) is 0 Å². The van der Waals surface area contributed by atoms with E-state index in [2.05, 4.69) is 16.9 Å². The second-order valence-corrected chi connectivity index (χ2v) is 6.70. The van der Waals surface area contributed by atoms with Gasteiger partial charge in [0.15, 0.2) is 0 Å². The van der Waals surface area contributed by atoms with Crippen LogP contribution < -0.4 is 0 Å². The van der Waals surface area contributed by atoms with Gasteiger partial charge in [0, 0.05) is 57.1 Å². The van der Waals surface area contributed by atoms with Crippen molar-refractivity contribution in [3.8, 4) is 0 Å². The Hall–Kier alpha value is -1.82. The zero-order valence-corrected chi connectivity index (χ0v) is 14.0. The summed E-state index contributed by atoms with van der Waals surface area (Å²) in [7, 11) is 2.13. The standard InChI is InChI=1S/C17H26N4O2/c1-3-20-9-7-17(6-4-15(20)22)13-21(11-10-19(17)2)16(23)14-5-8-18-12-14/h5,8,12,18H,3-4,6-7,9-11,13H2,1-2H3/t17-/m1/s1. The topological polar surface area (TPSA) is 59.7 Å². The number of hydrogen-bond acceptors (Lipinski definition) is 3. The predicted octanol–water partition coefficient (Wildman–Crippen LogP) is 1.17. The van der Waals surface area contributed by atoms with Gasteiger partial charge in [-0.1, -0.05) is 0 Å². The fourth-order valence-corrected chi connectivity index (χ4v) is 3.84. The third-order valence-corrected chi connectivity index (χ3v) is 5.52. The van der Waals surface area contributed by atoms with Crippen molar-refractivity contribution in [1.82, 2.24) is 19.7 Å². The highest BCUT2D eigenvalue weighted by Gasteiger charge is 2.43. The third-order valence-electron chi connectivity index (χ3n) is 5.52. The summed E-state index contributed by atoms with van der Waals surface area (Å²) in [5.41, 5.74) is 0.633. The number of carbonyl (C=O) groups excluding carboxylic acids is 2. The number of amides is 2. The predicted molar refractivity (Wildman–Crippen MR) is 88.2 cm³/mol. The molecule has 23 heavy (non-hydrogen) atoms. The molecule has 1 N–H and O–H groups in total. The first-order valence-corrected chi connectivity index (χ1v) is 8.47. The number of piperazine rings is 1. The van der Waals surface area contributed by atoms with Crippen LogP contribution in [-0.4, -0.2) is 76.8 Å². The van der Waals surface area contributed by atoms with E-state index >= 15 is 0 Å². The molecular formula is C17H26N4O2. The quantitative estimate of drug-likeness (QED) is 0.890. The van der Waals surface area contributed by atoms with Gasteiger partial charge in [0.2, 0.25) is 5.91 Å². The lowest BCUT2D eigenvalue weighted by atomic mass is 9.86. The number of H-pyrrole nitrogens is 1. The summed E-state index contributed by atoms with van der Waals surface area (Å²) in [6.07, 6.45) is 5.87. The number of hydrogen-bond donors (Lipinski definition) is 1. The average molecular weight is 318 g/mol. The monoisotopic (exact) mass is 318 g/mol. The Labute approximate surface area is 137 Å². The van der Waals surface area contributed by atoms with Crippen LogP contribution in [-0.2, 0) is 4.79 Å². The normalized spacial score (nSPS) is 26.6. The van der Waals surface area contributed by atoms with Crippen molar-refractivity contribution in [2.75, 3.05) is 39.8 Å². The Balaban J connectivity index is 1.77. The Bertz CT molecular complexity index is 571. The molecule has 0 unspecified atom stereocenters. The second kappa shape index (κ2) is 6.35. The molecule has 0 radical (unpaired) electrons. The minimum atomic E-state index is -0.0796. The van der Waals surface area contributed by atoms with Crippen molar-refractivity contribution >= 4 is 11.8 Å². The first kappa shape index (κ1) is 16.1. The van der Waals surface area contributed by atoms with E-state index in [9.17, 15) is 9.59 Å². The minimum absolute atomic E-state index is 0.0796. The van der Waals surface area contributed by atoms with Gasteiger partial charge >= 0.3 is 0 Å². The second-order valence-electron chi connectivity index (χ2n) is 6.70. The molecule has 2 fully saturated rings. The Morgan fingerprint density at radius 2 is 2.13 bits per heavy atom. The van der Waals surface area contributed by atoms with Crippen molar-refractivity contribution in [2.45, 2.75) is 31.7 Å². The van der Waals surface area contributed by atoms with Crippen LogP contribution in [0.15, 0.2) is 18.5 Å².